The van der Waals surface area contributed by atoms with Gasteiger partial charge in [0.15, 0.2) is 0 Å². The van der Waals surface area contributed by atoms with Gasteiger partial charge in [-0.05, 0) is 43.3 Å². The van der Waals surface area contributed by atoms with Crippen molar-refractivity contribution in [2.75, 3.05) is 29.0 Å². The second-order valence-corrected chi connectivity index (χ2v) is 5.72. The van der Waals surface area contributed by atoms with Crippen LogP contribution in [0.1, 0.15) is 24.2 Å². The number of rotatable bonds is 7. The Labute approximate surface area is 156 Å². The van der Waals surface area contributed by atoms with Crippen LogP contribution in [-0.2, 0) is 9.59 Å². The number of carbonyl (C=O) groups is 3. The van der Waals surface area contributed by atoms with Crippen molar-refractivity contribution in [2.45, 2.75) is 13.8 Å². The predicted molar refractivity (Wildman–Crippen MR) is 102 cm³/mol. The van der Waals surface area contributed by atoms with E-state index in [2.05, 4.69) is 21.3 Å². The topological polar surface area (TPSA) is 99.3 Å². The van der Waals surface area contributed by atoms with E-state index in [1.54, 1.807) is 24.3 Å². The number of carbonyl (C=O) groups excluding carboxylic acids is 3. The normalized spacial score (nSPS) is 10.0. The molecule has 0 aliphatic carbocycles. The van der Waals surface area contributed by atoms with Crippen LogP contribution in [0.3, 0.4) is 0 Å². The molecule has 0 bridgehead atoms. The fourth-order valence-electron chi connectivity index (χ4n) is 2.32. The van der Waals surface area contributed by atoms with Crippen molar-refractivity contribution in [2.24, 2.45) is 0 Å². The van der Waals surface area contributed by atoms with Crippen molar-refractivity contribution in [3.05, 3.63) is 53.8 Å². The van der Waals surface area contributed by atoms with Crippen molar-refractivity contribution in [1.29, 1.82) is 0 Å². The molecule has 0 fully saturated rings. The third-order valence-electron chi connectivity index (χ3n) is 3.47. The van der Waals surface area contributed by atoms with Crippen LogP contribution in [0.25, 0.3) is 0 Å². The van der Waals surface area contributed by atoms with E-state index in [0.29, 0.717) is 23.5 Å². The van der Waals surface area contributed by atoms with Gasteiger partial charge in [-0.1, -0.05) is 6.07 Å². The molecule has 3 amide bonds. The standard InChI is InChI=1S/C19H21FN4O3/c1-3-21-19(27)13-5-4-6-14(9-13)24-18(26)11-22-17-10-15(23-12(2)25)7-8-16(17)20/h4-10,22H,3,11H2,1-2H3,(H,21,27)(H,23,25)(H,24,26). The molecule has 2 rings (SSSR count). The minimum atomic E-state index is -0.546. The zero-order valence-corrected chi connectivity index (χ0v) is 15.1. The Morgan fingerprint density at radius 2 is 1.74 bits per heavy atom. The molecular weight excluding hydrogens is 351 g/mol. The highest BCUT2D eigenvalue weighted by molar-refractivity contribution is 5.98. The maximum Gasteiger partial charge on any atom is 0.251 e. The molecule has 0 aliphatic heterocycles. The summed E-state index contributed by atoms with van der Waals surface area (Å²) in [6.07, 6.45) is 0. The fourth-order valence-corrected chi connectivity index (χ4v) is 2.32. The van der Waals surface area contributed by atoms with Crippen LogP contribution < -0.4 is 21.3 Å². The summed E-state index contributed by atoms with van der Waals surface area (Å²) in [4.78, 5) is 35.0. The lowest BCUT2D eigenvalue weighted by Gasteiger charge is -2.11. The zero-order valence-electron chi connectivity index (χ0n) is 15.1. The molecule has 27 heavy (non-hydrogen) atoms. The molecule has 0 atom stereocenters. The maximum atomic E-state index is 13.8. The van der Waals surface area contributed by atoms with Crippen LogP contribution in [0, 0.1) is 5.82 Å². The lowest BCUT2D eigenvalue weighted by atomic mass is 10.2. The molecule has 0 radical (unpaired) electrons. The van der Waals surface area contributed by atoms with Crippen molar-refractivity contribution in [3.63, 3.8) is 0 Å². The zero-order chi connectivity index (χ0) is 19.8. The van der Waals surface area contributed by atoms with Gasteiger partial charge in [0, 0.05) is 30.4 Å². The Hall–Kier alpha value is -3.42. The van der Waals surface area contributed by atoms with E-state index in [4.69, 9.17) is 0 Å². The van der Waals surface area contributed by atoms with E-state index in [1.807, 2.05) is 6.92 Å². The summed E-state index contributed by atoms with van der Waals surface area (Å²) in [5.74, 6) is -1.47. The number of benzene rings is 2. The van der Waals surface area contributed by atoms with Crippen LogP contribution in [0.15, 0.2) is 42.5 Å². The summed E-state index contributed by atoms with van der Waals surface area (Å²) in [5, 5.41) is 10.6. The van der Waals surface area contributed by atoms with Gasteiger partial charge >= 0.3 is 0 Å². The van der Waals surface area contributed by atoms with Gasteiger partial charge in [0.05, 0.1) is 12.2 Å². The number of halogens is 1. The lowest BCUT2D eigenvalue weighted by molar-refractivity contribution is -0.115. The van der Waals surface area contributed by atoms with Crippen LogP contribution in [0.4, 0.5) is 21.5 Å². The Balaban J connectivity index is 1.98. The van der Waals surface area contributed by atoms with Gasteiger partial charge in [-0.25, -0.2) is 4.39 Å². The fraction of sp³-hybridized carbons (Fsp3) is 0.211. The van der Waals surface area contributed by atoms with Crippen LogP contribution in [0.5, 0.6) is 0 Å². The Bertz CT molecular complexity index is 855. The Morgan fingerprint density at radius 3 is 2.44 bits per heavy atom. The Morgan fingerprint density at radius 1 is 1.00 bits per heavy atom. The predicted octanol–water partition coefficient (Wildman–Crippen LogP) is 2.58. The van der Waals surface area contributed by atoms with Gasteiger partial charge in [-0.15, -0.1) is 0 Å². The van der Waals surface area contributed by atoms with E-state index in [0.717, 1.165) is 0 Å². The van der Waals surface area contributed by atoms with Gasteiger partial charge in [0.1, 0.15) is 5.82 Å². The van der Waals surface area contributed by atoms with E-state index in [-0.39, 0.29) is 24.0 Å². The first-order chi connectivity index (χ1) is 12.9. The second kappa shape index (κ2) is 9.33. The third kappa shape index (κ3) is 6.10. The molecule has 2 aromatic carbocycles. The Kier molecular flexibility index (Phi) is 6.87. The van der Waals surface area contributed by atoms with Crippen LogP contribution >= 0.6 is 0 Å². The summed E-state index contributed by atoms with van der Waals surface area (Å²) < 4.78 is 13.8. The summed E-state index contributed by atoms with van der Waals surface area (Å²) in [6.45, 7) is 3.47. The van der Waals surface area contributed by atoms with Gasteiger partial charge in [0.25, 0.3) is 5.91 Å². The first kappa shape index (κ1) is 19.9. The van der Waals surface area contributed by atoms with Crippen molar-refractivity contribution in [3.8, 4) is 0 Å². The van der Waals surface area contributed by atoms with Gasteiger partial charge in [-0.3, -0.25) is 14.4 Å². The van der Waals surface area contributed by atoms with Crippen molar-refractivity contribution in [1.82, 2.24) is 5.32 Å². The van der Waals surface area contributed by atoms with Gasteiger partial charge < -0.3 is 21.3 Å². The molecule has 8 heteroatoms. The second-order valence-electron chi connectivity index (χ2n) is 5.72. The largest absolute Gasteiger partial charge is 0.374 e. The molecule has 0 aromatic heterocycles. The smallest absolute Gasteiger partial charge is 0.251 e. The summed E-state index contributed by atoms with van der Waals surface area (Å²) in [7, 11) is 0. The van der Waals surface area contributed by atoms with E-state index < -0.39 is 11.7 Å². The number of amides is 3. The van der Waals surface area contributed by atoms with Gasteiger partial charge in [-0.2, -0.15) is 0 Å². The summed E-state index contributed by atoms with van der Waals surface area (Å²) in [6, 6.07) is 10.5. The van der Waals surface area contributed by atoms with Gasteiger partial charge in [0.2, 0.25) is 11.8 Å². The average molecular weight is 372 g/mol. The SMILES string of the molecule is CCNC(=O)c1cccc(NC(=O)CNc2cc(NC(C)=O)ccc2F)c1. The molecule has 7 nitrogen and oxygen atoms in total. The first-order valence-electron chi connectivity index (χ1n) is 8.38. The van der Waals surface area contributed by atoms with Crippen LogP contribution in [-0.4, -0.2) is 30.8 Å². The number of nitrogens with one attached hydrogen (secondary N) is 4. The van der Waals surface area contributed by atoms with Crippen LogP contribution in [0.2, 0.25) is 0 Å². The quantitative estimate of drug-likeness (QED) is 0.600. The van der Waals surface area contributed by atoms with Crippen molar-refractivity contribution >= 4 is 34.8 Å². The van der Waals surface area contributed by atoms with E-state index >= 15 is 0 Å². The van der Waals surface area contributed by atoms with E-state index in [1.165, 1.54) is 25.1 Å². The number of hydrogen-bond donors (Lipinski definition) is 4. The number of anilines is 3. The lowest BCUT2D eigenvalue weighted by Crippen LogP contribution is -2.24. The molecule has 0 saturated carbocycles. The monoisotopic (exact) mass is 372 g/mol. The molecule has 4 N–H and O–H groups in total. The highest BCUT2D eigenvalue weighted by atomic mass is 19.1. The summed E-state index contributed by atoms with van der Waals surface area (Å²) in [5.41, 5.74) is 1.39. The third-order valence-corrected chi connectivity index (χ3v) is 3.47. The minimum Gasteiger partial charge on any atom is -0.374 e. The molecule has 0 spiro atoms. The molecule has 0 heterocycles. The first-order valence-corrected chi connectivity index (χ1v) is 8.38. The summed E-state index contributed by atoms with van der Waals surface area (Å²) >= 11 is 0. The number of hydrogen-bond acceptors (Lipinski definition) is 4. The molecular formula is C19H21FN4O3. The average Bonchev–Trinajstić information content (AvgIpc) is 2.62. The molecule has 2 aromatic rings. The van der Waals surface area contributed by atoms with E-state index in [9.17, 15) is 18.8 Å². The van der Waals surface area contributed by atoms with Crippen molar-refractivity contribution < 1.29 is 18.8 Å². The highest BCUT2D eigenvalue weighted by Gasteiger charge is 2.09. The molecule has 0 aliphatic rings. The highest BCUT2D eigenvalue weighted by Crippen LogP contribution is 2.19. The molecule has 0 saturated heterocycles. The molecule has 0 unspecified atom stereocenters. The minimum absolute atomic E-state index is 0.0903. The molecule has 142 valence electrons. The maximum absolute atomic E-state index is 13.8.